The number of nitrogens with zero attached hydrogens (tertiary/aromatic N) is 3. The van der Waals surface area contributed by atoms with E-state index in [0.717, 1.165) is 37.9 Å². The number of carbonyl (C=O) groups is 2. The third-order valence-corrected chi connectivity index (χ3v) is 5.97. The highest BCUT2D eigenvalue weighted by atomic mass is 16.3. The summed E-state index contributed by atoms with van der Waals surface area (Å²) in [6, 6.07) is 0. The average molecular weight is 362 g/mol. The van der Waals surface area contributed by atoms with Gasteiger partial charge in [0.25, 0.3) is 5.91 Å². The number of hydrogen-bond donors (Lipinski definition) is 2. The van der Waals surface area contributed by atoms with Crippen LogP contribution < -0.4 is 0 Å². The molecular formula is C19H30N4O3. The molecule has 144 valence electrons. The molecule has 26 heavy (non-hydrogen) atoms. The fourth-order valence-corrected chi connectivity index (χ4v) is 4.06. The third kappa shape index (κ3) is 4.09. The minimum Gasteiger partial charge on any atom is -0.383 e. The number of amides is 2. The molecule has 1 aromatic heterocycles. The highest BCUT2D eigenvalue weighted by Crippen LogP contribution is 2.40. The molecule has 3 heterocycles. The SMILES string of the molecule is CC(C)[C@@H](O)C(=O)N1CCC2(CCC(=O)N(CCc3cnc[nH]3)C2)CC1. The summed E-state index contributed by atoms with van der Waals surface area (Å²) in [6.07, 6.45) is 6.62. The van der Waals surface area contributed by atoms with Crippen molar-refractivity contribution in [2.45, 2.75) is 52.1 Å². The van der Waals surface area contributed by atoms with E-state index in [1.54, 1.807) is 17.4 Å². The summed E-state index contributed by atoms with van der Waals surface area (Å²) in [5.74, 6) is 0.00498. The average Bonchev–Trinajstić information content (AvgIpc) is 3.15. The van der Waals surface area contributed by atoms with Crippen molar-refractivity contribution in [3.8, 4) is 0 Å². The van der Waals surface area contributed by atoms with Gasteiger partial charge in [0.1, 0.15) is 6.10 Å². The van der Waals surface area contributed by atoms with Crippen LogP contribution >= 0.6 is 0 Å². The molecule has 1 aromatic rings. The van der Waals surface area contributed by atoms with Crippen LogP contribution in [0.25, 0.3) is 0 Å². The molecule has 3 rings (SSSR count). The summed E-state index contributed by atoms with van der Waals surface area (Å²) < 4.78 is 0. The Hall–Kier alpha value is -1.89. The van der Waals surface area contributed by atoms with E-state index in [1.807, 2.05) is 18.7 Å². The van der Waals surface area contributed by atoms with Crippen molar-refractivity contribution in [3.63, 3.8) is 0 Å². The molecule has 2 aliphatic rings. The molecule has 0 aromatic carbocycles. The van der Waals surface area contributed by atoms with Gasteiger partial charge in [0.15, 0.2) is 0 Å². The number of aliphatic hydroxyl groups is 1. The lowest BCUT2D eigenvalue weighted by atomic mass is 9.72. The van der Waals surface area contributed by atoms with E-state index in [0.29, 0.717) is 26.1 Å². The predicted octanol–water partition coefficient (Wildman–Crippen LogP) is 1.20. The molecule has 2 aliphatic heterocycles. The first-order chi connectivity index (χ1) is 12.4. The summed E-state index contributed by atoms with van der Waals surface area (Å²) in [5.41, 5.74) is 1.15. The Morgan fingerprint density at radius 3 is 2.69 bits per heavy atom. The van der Waals surface area contributed by atoms with Crippen molar-refractivity contribution in [2.24, 2.45) is 11.3 Å². The predicted molar refractivity (Wildman–Crippen MR) is 97.2 cm³/mol. The Balaban J connectivity index is 1.55. The van der Waals surface area contributed by atoms with Crippen LogP contribution in [-0.4, -0.2) is 69.0 Å². The zero-order chi connectivity index (χ0) is 18.7. The van der Waals surface area contributed by atoms with E-state index >= 15 is 0 Å². The van der Waals surface area contributed by atoms with Crippen molar-refractivity contribution < 1.29 is 14.7 Å². The first-order valence-electron chi connectivity index (χ1n) is 9.62. The highest BCUT2D eigenvalue weighted by molar-refractivity contribution is 5.81. The number of rotatable bonds is 5. The molecule has 0 bridgehead atoms. The fourth-order valence-electron chi connectivity index (χ4n) is 4.06. The number of aliphatic hydroxyl groups excluding tert-OH is 1. The molecule has 0 unspecified atom stereocenters. The lowest BCUT2D eigenvalue weighted by Gasteiger charge is -2.47. The van der Waals surface area contributed by atoms with Gasteiger partial charge in [-0.2, -0.15) is 0 Å². The second-order valence-corrected chi connectivity index (χ2v) is 8.16. The van der Waals surface area contributed by atoms with Crippen LogP contribution in [0.2, 0.25) is 0 Å². The largest absolute Gasteiger partial charge is 0.383 e. The molecule has 1 spiro atoms. The maximum Gasteiger partial charge on any atom is 0.251 e. The van der Waals surface area contributed by atoms with E-state index in [1.165, 1.54) is 0 Å². The standard InChI is InChI=1S/C19H30N4O3/c1-14(2)17(25)18(26)22-9-6-19(7-10-22)5-3-16(24)23(12-19)8-4-15-11-20-13-21-15/h11,13-14,17,25H,3-10,12H2,1-2H3,(H,20,21)/t17-/m1/s1. The molecule has 0 aliphatic carbocycles. The Bertz CT molecular complexity index is 621. The lowest BCUT2D eigenvalue weighted by Crippen LogP contribution is -2.54. The smallest absolute Gasteiger partial charge is 0.251 e. The van der Waals surface area contributed by atoms with Gasteiger partial charge in [0, 0.05) is 50.9 Å². The van der Waals surface area contributed by atoms with Crippen molar-refractivity contribution in [1.29, 1.82) is 0 Å². The minimum atomic E-state index is -0.914. The monoisotopic (exact) mass is 362 g/mol. The van der Waals surface area contributed by atoms with Gasteiger partial charge in [-0.15, -0.1) is 0 Å². The van der Waals surface area contributed by atoms with Gasteiger partial charge in [0.05, 0.1) is 6.33 Å². The van der Waals surface area contributed by atoms with Crippen LogP contribution in [0, 0.1) is 11.3 Å². The van der Waals surface area contributed by atoms with Crippen LogP contribution in [0.3, 0.4) is 0 Å². The lowest BCUT2D eigenvalue weighted by molar-refractivity contribution is -0.148. The normalized spacial score (nSPS) is 21.5. The molecule has 0 saturated carbocycles. The molecule has 2 N–H and O–H groups in total. The van der Waals surface area contributed by atoms with Gasteiger partial charge in [0.2, 0.25) is 5.91 Å². The van der Waals surface area contributed by atoms with Crippen molar-refractivity contribution in [3.05, 3.63) is 18.2 Å². The van der Waals surface area contributed by atoms with Gasteiger partial charge >= 0.3 is 0 Å². The molecule has 1 atom stereocenters. The topological polar surface area (TPSA) is 89.5 Å². The molecular weight excluding hydrogens is 332 g/mol. The summed E-state index contributed by atoms with van der Waals surface area (Å²) in [7, 11) is 0. The van der Waals surface area contributed by atoms with Crippen LogP contribution in [-0.2, 0) is 16.0 Å². The van der Waals surface area contributed by atoms with Gasteiger partial charge in [-0.3, -0.25) is 9.59 Å². The van der Waals surface area contributed by atoms with Gasteiger partial charge in [-0.25, -0.2) is 4.98 Å². The molecule has 2 fully saturated rings. The molecule has 2 saturated heterocycles. The summed E-state index contributed by atoms with van der Waals surface area (Å²) in [4.78, 5) is 35.6. The molecule has 7 nitrogen and oxygen atoms in total. The summed E-state index contributed by atoms with van der Waals surface area (Å²) in [5, 5.41) is 10.0. The fraction of sp³-hybridized carbons (Fsp3) is 0.737. The Labute approximate surface area is 154 Å². The van der Waals surface area contributed by atoms with Gasteiger partial charge in [-0.1, -0.05) is 13.8 Å². The minimum absolute atomic E-state index is 0.0661. The number of aromatic amines is 1. The van der Waals surface area contributed by atoms with E-state index in [4.69, 9.17) is 0 Å². The molecule has 0 radical (unpaired) electrons. The van der Waals surface area contributed by atoms with Crippen LogP contribution in [0.4, 0.5) is 0 Å². The van der Waals surface area contributed by atoms with Crippen molar-refractivity contribution in [2.75, 3.05) is 26.2 Å². The zero-order valence-corrected chi connectivity index (χ0v) is 15.8. The van der Waals surface area contributed by atoms with Crippen molar-refractivity contribution >= 4 is 11.8 Å². The van der Waals surface area contributed by atoms with Crippen LogP contribution in [0.1, 0.15) is 45.2 Å². The summed E-state index contributed by atoms with van der Waals surface area (Å²) >= 11 is 0. The number of imidazole rings is 1. The number of H-pyrrole nitrogens is 1. The maximum atomic E-state index is 12.4. The number of piperidine rings is 2. The first kappa shape index (κ1) is 18.9. The zero-order valence-electron chi connectivity index (χ0n) is 15.8. The van der Waals surface area contributed by atoms with E-state index in [-0.39, 0.29) is 23.1 Å². The highest BCUT2D eigenvalue weighted by Gasteiger charge is 2.42. The van der Waals surface area contributed by atoms with Gasteiger partial charge in [-0.05, 0) is 30.6 Å². The van der Waals surface area contributed by atoms with Crippen LogP contribution in [0.15, 0.2) is 12.5 Å². The Morgan fingerprint density at radius 1 is 1.35 bits per heavy atom. The number of nitrogens with one attached hydrogen (secondary N) is 1. The number of carbonyl (C=O) groups excluding carboxylic acids is 2. The quantitative estimate of drug-likeness (QED) is 0.824. The van der Waals surface area contributed by atoms with E-state index < -0.39 is 6.10 Å². The number of likely N-dealkylation sites (tertiary alicyclic amines) is 2. The Kier molecular flexibility index (Phi) is 5.65. The second-order valence-electron chi connectivity index (χ2n) is 8.16. The number of hydrogen-bond acceptors (Lipinski definition) is 4. The van der Waals surface area contributed by atoms with Gasteiger partial charge < -0.3 is 19.9 Å². The maximum absolute atomic E-state index is 12.4. The first-order valence-corrected chi connectivity index (χ1v) is 9.62. The Morgan fingerprint density at radius 2 is 2.08 bits per heavy atom. The van der Waals surface area contributed by atoms with Crippen LogP contribution in [0.5, 0.6) is 0 Å². The molecule has 2 amide bonds. The number of aromatic nitrogens is 2. The van der Waals surface area contributed by atoms with Crippen molar-refractivity contribution in [1.82, 2.24) is 19.8 Å². The molecule has 7 heteroatoms. The summed E-state index contributed by atoms with van der Waals surface area (Å²) in [6.45, 7) is 6.54. The second kappa shape index (κ2) is 7.78. The third-order valence-electron chi connectivity index (χ3n) is 5.97. The van der Waals surface area contributed by atoms with E-state index in [2.05, 4.69) is 9.97 Å². The van der Waals surface area contributed by atoms with E-state index in [9.17, 15) is 14.7 Å².